The number of nitrogens with one attached hydrogen (secondary N) is 1. The number of hydrogen-bond acceptors (Lipinski definition) is 5. The van der Waals surface area contributed by atoms with Crippen molar-refractivity contribution in [3.05, 3.63) is 71.7 Å². The minimum Gasteiger partial charge on any atom is -0.495 e. The predicted octanol–water partition coefficient (Wildman–Crippen LogP) is 3.99. The van der Waals surface area contributed by atoms with Gasteiger partial charge in [-0.1, -0.05) is 12.1 Å². The lowest BCUT2D eigenvalue weighted by Crippen LogP contribution is -2.35. The molecule has 0 spiro atoms. The van der Waals surface area contributed by atoms with Crippen LogP contribution in [0.25, 0.3) is 0 Å². The van der Waals surface area contributed by atoms with Crippen molar-refractivity contribution in [3.63, 3.8) is 0 Å². The molecule has 7 nitrogen and oxygen atoms in total. The first-order chi connectivity index (χ1) is 14.4. The first-order valence-corrected chi connectivity index (χ1v) is 11.0. The zero-order chi connectivity index (χ0) is 21.3. The summed E-state index contributed by atoms with van der Waals surface area (Å²) in [6, 6.07) is 13.5. The Hall–Kier alpha value is -3.26. The van der Waals surface area contributed by atoms with Gasteiger partial charge in [-0.05, 0) is 67.3 Å². The minimum atomic E-state index is -3.88. The van der Waals surface area contributed by atoms with Crippen molar-refractivity contribution < 1.29 is 22.4 Å². The van der Waals surface area contributed by atoms with E-state index in [1.54, 1.807) is 47.4 Å². The Kier molecular flexibility index (Phi) is 5.26. The molecule has 1 aliphatic heterocycles. The summed E-state index contributed by atoms with van der Waals surface area (Å²) in [5, 5.41) is 0. The van der Waals surface area contributed by atoms with Crippen LogP contribution in [0.4, 0.5) is 11.4 Å². The number of carbonyl (C=O) groups excluding carboxylic acids is 1. The van der Waals surface area contributed by atoms with Crippen LogP contribution in [0.2, 0.25) is 0 Å². The van der Waals surface area contributed by atoms with Gasteiger partial charge in [-0.3, -0.25) is 9.52 Å². The molecule has 8 heteroatoms. The fraction of sp³-hybridized carbons (Fsp3) is 0.227. The van der Waals surface area contributed by atoms with Gasteiger partial charge in [0.1, 0.15) is 10.6 Å². The fourth-order valence-electron chi connectivity index (χ4n) is 3.59. The molecule has 0 fully saturated rings. The van der Waals surface area contributed by atoms with Gasteiger partial charge in [0.15, 0.2) is 5.76 Å². The molecule has 0 unspecified atom stereocenters. The minimum absolute atomic E-state index is 0.0613. The number of aryl methyl sites for hydroxylation is 2. The number of nitrogens with zero attached hydrogens (tertiary/aromatic N) is 1. The number of benzene rings is 2. The predicted molar refractivity (Wildman–Crippen MR) is 114 cm³/mol. The third kappa shape index (κ3) is 3.78. The Bertz CT molecular complexity index is 1190. The molecule has 0 atom stereocenters. The van der Waals surface area contributed by atoms with Crippen molar-refractivity contribution in [2.75, 3.05) is 23.3 Å². The molecule has 1 amide bonds. The number of ether oxygens (including phenoxy) is 1. The van der Waals surface area contributed by atoms with Crippen LogP contribution in [0.1, 0.15) is 28.1 Å². The molecular weight excluding hydrogens is 404 g/mol. The molecule has 3 aromatic rings. The van der Waals surface area contributed by atoms with Gasteiger partial charge in [-0.15, -0.1) is 0 Å². The molecule has 1 N–H and O–H groups in total. The molecule has 0 aliphatic carbocycles. The molecule has 156 valence electrons. The van der Waals surface area contributed by atoms with Gasteiger partial charge in [0.25, 0.3) is 15.9 Å². The Labute approximate surface area is 175 Å². The standard InChI is InChI=1S/C22H22N2O5S/c1-15-7-10-19(28-2)21(13-15)30(26,27)23-17-9-8-16-5-3-11-24(18(16)14-17)22(25)20-6-4-12-29-20/h4,6-10,12-14,23H,3,5,11H2,1-2H3. The van der Waals surface area contributed by atoms with Crippen molar-refractivity contribution in [2.24, 2.45) is 0 Å². The molecule has 30 heavy (non-hydrogen) atoms. The number of methoxy groups -OCH3 is 1. The highest BCUT2D eigenvalue weighted by Gasteiger charge is 2.26. The molecule has 0 bridgehead atoms. The lowest BCUT2D eigenvalue weighted by atomic mass is 10.0. The summed E-state index contributed by atoms with van der Waals surface area (Å²) in [5.41, 5.74) is 2.84. The number of anilines is 2. The third-order valence-corrected chi connectivity index (χ3v) is 6.44. The molecule has 2 heterocycles. The lowest BCUT2D eigenvalue weighted by molar-refractivity contribution is 0.0958. The van der Waals surface area contributed by atoms with E-state index >= 15 is 0 Å². The molecule has 2 aromatic carbocycles. The van der Waals surface area contributed by atoms with Gasteiger partial charge >= 0.3 is 0 Å². The lowest BCUT2D eigenvalue weighted by Gasteiger charge is -2.29. The number of furan rings is 1. The van der Waals surface area contributed by atoms with Crippen LogP contribution in [0.5, 0.6) is 5.75 Å². The summed E-state index contributed by atoms with van der Waals surface area (Å²) in [5.74, 6) is 0.264. The number of fused-ring (bicyclic) bond motifs is 1. The number of carbonyl (C=O) groups is 1. The van der Waals surface area contributed by atoms with Gasteiger partial charge < -0.3 is 14.1 Å². The number of rotatable bonds is 5. The monoisotopic (exact) mass is 426 g/mol. The first kappa shape index (κ1) is 20.0. The number of hydrogen-bond donors (Lipinski definition) is 1. The van der Waals surface area contributed by atoms with Gasteiger partial charge in [0.2, 0.25) is 0 Å². The molecule has 0 saturated heterocycles. The van der Waals surface area contributed by atoms with Crippen molar-refractivity contribution in [1.29, 1.82) is 0 Å². The van der Waals surface area contributed by atoms with E-state index in [0.29, 0.717) is 17.9 Å². The largest absolute Gasteiger partial charge is 0.495 e. The highest BCUT2D eigenvalue weighted by molar-refractivity contribution is 7.92. The van der Waals surface area contributed by atoms with Crippen LogP contribution < -0.4 is 14.4 Å². The van der Waals surface area contributed by atoms with E-state index < -0.39 is 10.0 Å². The van der Waals surface area contributed by atoms with Gasteiger partial charge in [0.05, 0.1) is 19.1 Å². The van der Waals surface area contributed by atoms with Crippen LogP contribution >= 0.6 is 0 Å². The van der Waals surface area contributed by atoms with E-state index in [4.69, 9.17) is 9.15 Å². The second kappa shape index (κ2) is 7.87. The van der Waals surface area contributed by atoms with E-state index in [-0.39, 0.29) is 22.3 Å². The fourth-order valence-corrected chi connectivity index (χ4v) is 4.89. The SMILES string of the molecule is COc1ccc(C)cc1S(=O)(=O)Nc1ccc2c(c1)N(C(=O)c1ccco1)CCC2. The Morgan fingerprint density at radius 3 is 2.73 bits per heavy atom. The van der Waals surface area contributed by atoms with Gasteiger partial charge in [-0.2, -0.15) is 0 Å². The van der Waals surface area contributed by atoms with Crippen molar-refractivity contribution in [2.45, 2.75) is 24.7 Å². The van der Waals surface area contributed by atoms with Crippen LogP contribution in [0, 0.1) is 6.92 Å². The van der Waals surface area contributed by atoms with Crippen LogP contribution in [0.15, 0.2) is 64.1 Å². The quantitative estimate of drug-likeness (QED) is 0.666. The zero-order valence-electron chi connectivity index (χ0n) is 16.7. The van der Waals surface area contributed by atoms with Gasteiger partial charge in [-0.25, -0.2) is 8.42 Å². The molecule has 1 aliphatic rings. The summed E-state index contributed by atoms with van der Waals surface area (Å²) >= 11 is 0. The second-order valence-corrected chi connectivity index (χ2v) is 8.79. The molecule has 0 saturated carbocycles. The Morgan fingerprint density at radius 2 is 2.00 bits per heavy atom. The topological polar surface area (TPSA) is 88.9 Å². The van der Waals surface area contributed by atoms with E-state index in [1.165, 1.54) is 13.4 Å². The molecule has 4 rings (SSSR count). The second-order valence-electron chi connectivity index (χ2n) is 7.14. The van der Waals surface area contributed by atoms with E-state index in [0.717, 1.165) is 24.0 Å². The smallest absolute Gasteiger partial charge is 0.293 e. The maximum atomic E-state index is 13.0. The number of amides is 1. The zero-order valence-corrected chi connectivity index (χ0v) is 17.5. The van der Waals surface area contributed by atoms with Gasteiger partial charge in [0, 0.05) is 12.2 Å². The summed E-state index contributed by atoms with van der Waals surface area (Å²) < 4.78 is 39.1. The normalized spacial score (nSPS) is 13.6. The van der Waals surface area contributed by atoms with Crippen LogP contribution in [-0.4, -0.2) is 28.0 Å². The Morgan fingerprint density at radius 1 is 1.17 bits per heavy atom. The molecule has 0 radical (unpaired) electrons. The highest BCUT2D eigenvalue weighted by Crippen LogP contribution is 2.33. The van der Waals surface area contributed by atoms with E-state index in [2.05, 4.69) is 4.72 Å². The van der Waals surface area contributed by atoms with Crippen molar-refractivity contribution in [3.8, 4) is 5.75 Å². The maximum Gasteiger partial charge on any atom is 0.293 e. The number of sulfonamides is 1. The Balaban J connectivity index is 1.68. The first-order valence-electron chi connectivity index (χ1n) is 9.55. The highest BCUT2D eigenvalue weighted by atomic mass is 32.2. The average molecular weight is 426 g/mol. The molecule has 1 aromatic heterocycles. The van der Waals surface area contributed by atoms with E-state index in [9.17, 15) is 13.2 Å². The summed E-state index contributed by atoms with van der Waals surface area (Å²) in [6.45, 7) is 2.35. The molecular formula is C22H22N2O5S. The maximum absolute atomic E-state index is 13.0. The average Bonchev–Trinajstić information content (AvgIpc) is 3.27. The van der Waals surface area contributed by atoms with Crippen molar-refractivity contribution >= 4 is 27.3 Å². The third-order valence-electron chi connectivity index (χ3n) is 5.04. The summed E-state index contributed by atoms with van der Waals surface area (Å²) in [4.78, 5) is 14.5. The van der Waals surface area contributed by atoms with Crippen molar-refractivity contribution in [1.82, 2.24) is 0 Å². The van der Waals surface area contributed by atoms with Crippen LogP contribution in [-0.2, 0) is 16.4 Å². The van der Waals surface area contributed by atoms with E-state index in [1.807, 2.05) is 13.0 Å². The summed E-state index contributed by atoms with van der Waals surface area (Å²) in [6.07, 6.45) is 3.10. The van der Waals surface area contributed by atoms with Crippen LogP contribution in [0.3, 0.4) is 0 Å². The summed E-state index contributed by atoms with van der Waals surface area (Å²) in [7, 11) is -2.45.